The fourth-order valence-electron chi connectivity index (χ4n) is 2.72. The predicted molar refractivity (Wildman–Crippen MR) is 79.1 cm³/mol. The highest BCUT2D eigenvalue weighted by molar-refractivity contribution is 4.98. The number of rotatable bonds is 9. The summed E-state index contributed by atoms with van der Waals surface area (Å²) in [6.07, 6.45) is 6.94. The number of furan rings is 1. The average molecular weight is 264 g/mol. The Bertz CT molecular complexity index is 353. The Morgan fingerprint density at radius 2 is 2.11 bits per heavy atom. The quantitative estimate of drug-likeness (QED) is 0.742. The summed E-state index contributed by atoms with van der Waals surface area (Å²) in [4.78, 5) is 2.39. The summed E-state index contributed by atoms with van der Waals surface area (Å²) in [5, 5.41) is 3.71. The number of nitrogens with zero attached hydrogens (tertiary/aromatic N) is 1. The van der Waals surface area contributed by atoms with Crippen molar-refractivity contribution >= 4 is 0 Å². The molecule has 1 fully saturated rings. The first-order chi connectivity index (χ1) is 9.17. The summed E-state index contributed by atoms with van der Waals surface area (Å²) in [6.45, 7) is 7.81. The molecule has 0 aliphatic heterocycles. The topological polar surface area (TPSA) is 28.4 Å². The predicted octanol–water partition coefficient (Wildman–Crippen LogP) is 3.27. The Balaban J connectivity index is 1.86. The Morgan fingerprint density at radius 1 is 1.37 bits per heavy atom. The van der Waals surface area contributed by atoms with E-state index in [1.54, 1.807) is 6.26 Å². The molecule has 2 rings (SSSR count). The van der Waals surface area contributed by atoms with Gasteiger partial charge in [-0.2, -0.15) is 0 Å². The smallest absolute Gasteiger partial charge is 0.117 e. The van der Waals surface area contributed by atoms with Crippen LogP contribution in [-0.4, -0.2) is 31.1 Å². The van der Waals surface area contributed by atoms with E-state index in [1.165, 1.54) is 25.7 Å². The largest absolute Gasteiger partial charge is 0.468 e. The van der Waals surface area contributed by atoms with E-state index in [4.69, 9.17) is 4.42 Å². The van der Waals surface area contributed by atoms with E-state index in [2.05, 4.69) is 37.2 Å². The fourth-order valence-corrected chi connectivity index (χ4v) is 2.72. The molecule has 1 saturated carbocycles. The van der Waals surface area contributed by atoms with Crippen molar-refractivity contribution < 1.29 is 4.42 Å². The van der Waals surface area contributed by atoms with Gasteiger partial charge in [-0.05, 0) is 50.3 Å². The second-order valence-electron chi connectivity index (χ2n) is 6.11. The third kappa shape index (κ3) is 4.36. The van der Waals surface area contributed by atoms with E-state index in [1.807, 2.05) is 6.07 Å². The van der Waals surface area contributed by atoms with Crippen LogP contribution in [0.2, 0.25) is 0 Å². The van der Waals surface area contributed by atoms with E-state index in [-0.39, 0.29) is 0 Å². The molecule has 108 valence electrons. The Hall–Kier alpha value is -0.800. The highest BCUT2D eigenvalue weighted by Crippen LogP contribution is 2.29. The van der Waals surface area contributed by atoms with E-state index >= 15 is 0 Å². The molecule has 1 aromatic rings. The monoisotopic (exact) mass is 264 g/mol. The van der Waals surface area contributed by atoms with Gasteiger partial charge in [-0.1, -0.05) is 13.8 Å². The van der Waals surface area contributed by atoms with Gasteiger partial charge in [-0.3, -0.25) is 4.90 Å². The van der Waals surface area contributed by atoms with Crippen molar-refractivity contribution in [3.63, 3.8) is 0 Å². The number of hydrogen-bond acceptors (Lipinski definition) is 3. The van der Waals surface area contributed by atoms with Crippen molar-refractivity contribution in [2.45, 2.75) is 52.1 Å². The van der Waals surface area contributed by atoms with Crippen molar-refractivity contribution in [3.05, 3.63) is 24.2 Å². The van der Waals surface area contributed by atoms with Gasteiger partial charge in [-0.15, -0.1) is 0 Å². The maximum Gasteiger partial charge on any atom is 0.117 e. The summed E-state index contributed by atoms with van der Waals surface area (Å²) >= 11 is 0. The molecule has 1 N–H and O–H groups in total. The van der Waals surface area contributed by atoms with Crippen LogP contribution >= 0.6 is 0 Å². The maximum absolute atomic E-state index is 5.44. The zero-order valence-corrected chi connectivity index (χ0v) is 12.6. The molecule has 0 spiro atoms. The maximum atomic E-state index is 5.44. The average Bonchev–Trinajstić information content (AvgIpc) is 3.11. The molecule has 3 heteroatoms. The molecule has 0 atom stereocenters. The summed E-state index contributed by atoms with van der Waals surface area (Å²) < 4.78 is 5.44. The van der Waals surface area contributed by atoms with Gasteiger partial charge in [0.25, 0.3) is 0 Å². The van der Waals surface area contributed by atoms with Crippen LogP contribution < -0.4 is 5.32 Å². The molecule has 0 radical (unpaired) electrons. The van der Waals surface area contributed by atoms with Crippen LogP contribution in [0.15, 0.2) is 22.8 Å². The molecule has 1 aliphatic rings. The summed E-state index contributed by atoms with van der Waals surface area (Å²) in [7, 11) is 2.19. The molecule has 0 amide bonds. The third-order valence-corrected chi connectivity index (χ3v) is 4.45. The molecular formula is C16H28N2O. The zero-order chi connectivity index (χ0) is 13.7. The van der Waals surface area contributed by atoms with Crippen LogP contribution in [-0.2, 0) is 6.54 Å². The van der Waals surface area contributed by atoms with E-state index in [0.29, 0.717) is 5.41 Å². The van der Waals surface area contributed by atoms with Crippen molar-refractivity contribution in [2.75, 3.05) is 20.1 Å². The molecule has 1 aromatic heterocycles. The highest BCUT2D eigenvalue weighted by Gasteiger charge is 2.30. The second-order valence-corrected chi connectivity index (χ2v) is 6.11. The summed E-state index contributed by atoms with van der Waals surface area (Å²) in [5.41, 5.74) is 0.393. The lowest BCUT2D eigenvalue weighted by Crippen LogP contribution is -2.42. The Kier molecular flexibility index (Phi) is 5.06. The minimum Gasteiger partial charge on any atom is -0.468 e. The van der Waals surface area contributed by atoms with Gasteiger partial charge in [0.15, 0.2) is 0 Å². The molecule has 19 heavy (non-hydrogen) atoms. The molecule has 0 bridgehead atoms. The lowest BCUT2D eigenvalue weighted by molar-refractivity contribution is 0.144. The molecule has 1 heterocycles. The number of nitrogens with one attached hydrogen (secondary N) is 1. The van der Waals surface area contributed by atoms with Gasteiger partial charge in [0, 0.05) is 19.1 Å². The van der Waals surface area contributed by atoms with Gasteiger partial charge >= 0.3 is 0 Å². The molecular weight excluding hydrogens is 236 g/mol. The first kappa shape index (κ1) is 14.6. The molecule has 1 aliphatic carbocycles. The van der Waals surface area contributed by atoms with Crippen LogP contribution in [0.4, 0.5) is 0 Å². The van der Waals surface area contributed by atoms with Crippen LogP contribution in [0.5, 0.6) is 0 Å². The van der Waals surface area contributed by atoms with Gasteiger partial charge in [0.1, 0.15) is 5.76 Å². The first-order valence-corrected chi connectivity index (χ1v) is 7.62. The van der Waals surface area contributed by atoms with Gasteiger partial charge in [0.2, 0.25) is 0 Å². The van der Waals surface area contributed by atoms with Crippen molar-refractivity contribution in [2.24, 2.45) is 5.41 Å². The van der Waals surface area contributed by atoms with Crippen molar-refractivity contribution in [3.8, 4) is 0 Å². The van der Waals surface area contributed by atoms with Gasteiger partial charge < -0.3 is 9.73 Å². The number of hydrogen-bond donors (Lipinski definition) is 1. The summed E-state index contributed by atoms with van der Waals surface area (Å²) in [5.74, 6) is 1.05. The van der Waals surface area contributed by atoms with Crippen LogP contribution in [0.3, 0.4) is 0 Å². The van der Waals surface area contributed by atoms with Gasteiger partial charge in [-0.25, -0.2) is 0 Å². The van der Waals surface area contributed by atoms with Crippen LogP contribution in [0, 0.1) is 5.41 Å². The first-order valence-electron chi connectivity index (χ1n) is 7.62. The Morgan fingerprint density at radius 3 is 2.63 bits per heavy atom. The van der Waals surface area contributed by atoms with Crippen molar-refractivity contribution in [1.82, 2.24) is 10.2 Å². The Labute approximate surface area is 117 Å². The fraction of sp³-hybridized carbons (Fsp3) is 0.750. The minimum absolute atomic E-state index is 0.393. The molecule has 3 nitrogen and oxygen atoms in total. The highest BCUT2D eigenvalue weighted by atomic mass is 16.3. The SMILES string of the molecule is CCC(CC)(CNC1CC1)CN(C)Cc1ccco1. The normalized spacial score (nSPS) is 16.2. The lowest BCUT2D eigenvalue weighted by Gasteiger charge is -2.36. The zero-order valence-electron chi connectivity index (χ0n) is 12.6. The van der Waals surface area contributed by atoms with E-state index < -0.39 is 0 Å². The molecule has 0 aromatic carbocycles. The second kappa shape index (κ2) is 6.58. The van der Waals surface area contributed by atoms with Gasteiger partial charge in [0.05, 0.1) is 12.8 Å². The molecule has 0 unspecified atom stereocenters. The standard InChI is InChI=1S/C16H28N2O/c1-4-16(5-2,12-17-14-8-9-14)13-18(3)11-15-7-6-10-19-15/h6-7,10,14,17H,4-5,8-9,11-13H2,1-3H3. The summed E-state index contributed by atoms with van der Waals surface area (Å²) in [6, 6.07) is 4.82. The molecule has 0 saturated heterocycles. The van der Waals surface area contributed by atoms with Crippen molar-refractivity contribution in [1.29, 1.82) is 0 Å². The minimum atomic E-state index is 0.393. The lowest BCUT2D eigenvalue weighted by atomic mass is 9.81. The third-order valence-electron chi connectivity index (χ3n) is 4.45. The van der Waals surface area contributed by atoms with Crippen LogP contribution in [0.25, 0.3) is 0 Å². The van der Waals surface area contributed by atoms with Crippen LogP contribution in [0.1, 0.15) is 45.3 Å². The van der Waals surface area contributed by atoms with E-state index in [0.717, 1.165) is 31.4 Å². The van der Waals surface area contributed by atoms with E-state index in [9.17, 15) is 0 Å².